The Morgan fingerprint density at radius 1 is 1.04 bits per heavy atom. The Balaban J connectivity index is 1.66. The van der Waals surface area contributed by atoms with E-state index in [9.17, 15) is 18.4 Å². The lowest BCUT2D eigenvalue weighted by atomic mass is 10.1. The van der Waals surface area contributed by atoms with Crippen LogP contribution in [-0.4, -0.2) is 35.0 Å². The zero-order valence-corrected chi connectivity index (χ0v) is 13.1. The van der Waals surface area contributed by atoms with Crippen LogP contribution in [0.15, 0.2) is 42.5 Å². The molecule has 0 aliphatic carbocycles. The van der Waals surface area contributed by atoms with Gasteiger partial charge in [-0.3, -0.25) is 9.59 Å². The summed E-state index contributed by atoms with van der Waals surface area (Å²) < 4.78 is 31.5. The molecule has 0 bridgehead atoms. The van der Waals surface area contributed by atoms with Gasteiger partial charge in [0.15, 0.2) is 11.6 Å². The van der Waals surface area contributed by atoms with E-state index in [1.165, 1.54) is 11.0 Å². The standard InChI is InChI=1S/C18H15F2NO4/c19-15-6-5-14(9-16(15)20)25-13-3-1-11(2-4-13)17(22)21-8-7-12(10-21)18(23)24/h1-6,9,12H,7-8,10H2,(H,23,24). The topological polar surface area (TPSA) is 66.8 Å². The van der Waals surface area contributed by atoms with Gasteiger partial charge in [0, 0.05) is 24.7 Å². The molecule has 1 unspecified atom stereocenters. The summed E-state index contributed by atoms with van der Waals surface area (Å²) in [5.41, 5.74) is 0.406. The van der Waals surface area contributed by atoms with Crippen molar-refractivity contribution in [1.29, 1.82) is 0 Å². The van der Waals surface area contributed by atoms with Crippen LogP contribution in [0.25, 0.3) is 0 Å². The molecule has 1 fully saturated rings. The summed E-state index contributed by atoms with van der Waals surface area (Å²) in [6.45, 7) is 0.601. The van der Waals surface area contributed by atoms with Crippen molar-refractivity contribution in [3.05, 3.63) is 59.7 Å². The third-order valence-corrected chi connectivity index (χ3v) is 4.05. The first-order valence-corrected chi connectivity index (χ1v) is 7.69. The molecule has 1 aliphatic rings. The number of rotatable bonds is 4. The Labute approximate surface area is 142 Å². The van der Waals surface area contributed by atoms with Crippen molar-refractivity contribution in [3.63, 3.8) is 0 Å². The van der Waals surface area contributed by atoms with Gasteiger partial charge in [-0.15, -0.1) is 0 Å². The number of carboxylic acid groups (broad SMARTS) is 1. The smallest absolute Gasteiger partial charge is 0.308 e. The highest BCUT2D eigenvalue weighted by molar-refractivity contribution is 5.95. The van der Waals surface area contributed by atoms with E-state index in [1.807, 2.05) is 0 Å². The molecule has 0 aromatic heterocycles. The molecular formula is C18H15F2NO4. The summed E-state index contributed by atoms with van der Waals surface area (Å²) in [5, 5.41) is 8.99. The first-order valence-electron chi connectivity index (χ1n) is 7.69. The molecule has 2 aromatic rings. The number of carbonyl (C=O) groups excluding carboxylic acids is 1. The Morgan fingerprint density at radius 2 is 1.72 bits per heavy atom. The molecule has 1 aliphatic heterocycles. The van der Waals surface area contributed by atoms with Crippen LogP contribution in [0.2, 0.25) is 0 Å². The molecule has 0 spiro atoms. The van der Waals surface area contributed by atoms with Crippen molar-refractivity contribution in [2.24, 2.45) is 5.92 Å². The Morgan fingerprint density at radius 3 is 2.32 bits per heavy atom. The second-order valence-corrected chi connectivity index (χ2v) is 5.78. The molecule has 1 N–H and O–H groups in total. The number of aliphatic carboxylic acids is 1. The van der Waals surface area contributed by atoms with Crippen LogP contribution in [-0.2, 0) is 4.79 Å². The van der Waals surface area contributed by atoms with Crippen LogP contribution in [0.3, 0.4) is 0 Å². The number of nitrogens with zero attached hydrogens (tertiary/aromatic N) is 1. The van der Waals surface area contributed by atoms with Gasteiger partial charge in [-0.2, -0.15) is 0 Å². The Kier molecular flexibility index (Phi) is 4.65. The molecule has 1 saturated heterocycles. The van der Waals surface area contributed by atoms with Gasteiger partial charge in [0.05, 0.1) is 5.92 Å². The van der Waals surface area contributed by atoms with Crippen LogP contribution in [0.1, 0.15) is 16.8 Å². The summed E-state index contributed by atoms with van der Waals surface area (Å²) in [4.78, 5) is 24.8. The van der Waals surface area contributed by atoms with Crippen LogP contribution in [0.4, 0.5) is 8.78 Å². The molecule has 7 heteroatoms. The van der Waals surface area contributed by atoms with Crippen molar-refractivity contribution in [3.8, 4) is 11.5 Å². The van der Waals surface area contributed by atoms with Gasteiger partial charge in [-0.05, 0) is 42.8 Å². The molecule has 5 nitrogen and oxygen atoms in total. The number of amides is 1. The van der Waals surface area contributed by atoms with E-state index >= 15 is 0 Å². The number of likely N-dealkylation sites (tertiary alicyclic amines) is 1. The Bertz CT molecular complexity index is 807. The van der Waals surface area contributed by atoms with Crippen molar-refractivity contribution in [2.75, 3.05) is 13.1 Å². The van der Waals surface area contributed by atoms with Gasteiger partial charge in [0.1, 0.15) is 11.5 Å². The second-order valence-electron chi connectivity index (χ2n) is 5.78. The van der Waals surface area contributed by atoms with E-state index in [0.29, 0.717) is 24.3 Å². The van der Waals surface area contributed by atoms with Gasteiger partial charge < -0.3 is 14.7 Å². The highest BCUT2D eigenvalue weighted by Gasteiger charge is 2.31. The molecule has 25 heavy (non-hydrogen) atoms. The number of benzene rings is 2. The highest BCUT2D eigenvalue weighted by Crippen LogP contribution is 2.25. The monoisotopic (exact) mass is 347 g/mol. The van der Waals surface area contributed by atoms with E-state index in [0.717, 1.165) is 12.1 Å². The van der Waals surface area contributed by atoms with Gasteiger partial charge in [-0.1, -0.05) is 0 Å². The number of hydrogen-bond acceptors (Lipinski definition) is 3. The fourth-order valence-corrected chi connectivity index (χ4v) is 2.67. The van der Waals surface area contributed by atoms with Crippen LogP contribution in [0.5, 0.6) is 11.5 Å². The highest BCUT2D eigenvalue weighted by atomic mass is 19.2. The lowest BCUT2D eigenvalue weighted by molar-refractivity contribution is -0.141. The number of carbonyl (C=O) groups is 2. The zero-order chi connectivity index (χ0) is 18.0. The number of hydrogen-bond donors (Lipinski definition) is 1. The lowest BCUT2D eigenvalue weighted by Crippen LogP contribution is -2.29. The summed E-state index contributed by atoms with van der Waals surface area (Å²) in [5.74, 6) is -3.13. The fourth-order valence-electron chi connectivity index (χ4n) is 2.67. The summed E-state index contributed by atoms with van der Waals surface area (Å²) in [6, 6.07) is 9.38. The first-order chi connectivity index (χ1) is 11.9. The van der Waals surface area contributed by atoms with Crippen molar-refractivity contribution in [2.45, 2.75) is 6.42 Å². The third-order valence-electron chi connectivity index (χ3n) is 4.05. The maximum atomic E-state index is 13.2. The normalized spacial score (nSPS) is 16.7. The molecule has 1 heterocycles. The molecule has 0 saturated carbocycles. The number of ether oxygens (including phenoxy) is 1. The molecule has 0 radical (unpaired) electrons. The van der Waals surface area contributed by atoms with Crippen molar-refractivity contribution < 1.29 is 28.2 Å². The summed E-state index contributed by atoms with van der Waals surface area (Å²) in [7, 11) is 0. The molecule has 130 valence electrons. The van der Waals surface area contributed by atoms with E-state index in [-0.39, 0.29) is 18.2 Å². The largest absolute Gasteiger partial charge is 0.481 e. The van der Waals surface area contributed by atoms with Gasteiger partial charge in [0.25, 0.3) is 5.91 Å². The van der Waals surface area contributed by atoms with Gasteiger partial charge >= 0.3 is 5.97 Å². The first kappa shape index (κ1) is 16.9. The minimum absolute atomic E-state index is 0.141. The molecule has 2 aromatic carbocycles. The van der Waals surface area contributed by atoms with Crippen LogP contribution in [0, 0.1) is 17.6 Å². The maximum absolute atomic E-state index is 13.2. The van der Waals surface area contributed by atoms with Gasteiger partial charge in [0.2, 0.25) is 0 Å². The predicted molar refractivity (Wildman–Crippen MR) is 84.5 cm³/mol. The fraction of sp³-hybridized carbons (Fsp3) is 0.222. The average molecular weight is 347 g/mol. The SMILES string of the molecule is O=C(O)C1CCN(C(=O)c2ccc(Oc3ccc(F)c(F)c3)cc2)C1. The van der Waals surface area contributed by atoms with E-state index in [4.69, 9.17) is 9.84 Å². The number of halogens is 2. The van der Waals surface area contributed by atoms with Crippen molar-refractivity contribution >= 4 is 11.9 Å². The average Bonchev–Trinajstić information content (AvgIpc) is 3.09. The molecular weight excluding hydrogens is 332 g/mol. The van der Waals surface area contributed by atoms with E-state index in [1.54, 1.807) is 24.3 Å². The second kappa shape index (κ2) is 6.88. The summed E-state index contributed by atoms with van der Waals surface area (Å²) >= 11 is 0. The maximum Gasteiger partial charge on any atom is 0.308 e. The predicted octanol–water partition coefficient (Wildman–Crippen LogP) is 3.30. The quantitative estimate of drug-likeness (QED) is 0.921. The van der Waals surface area contributed by atoms with Crippen LogP contribution < -0.4 is 4.74 Å². The van der Waals surface area contributed by atoms with E-state index < -0.39 is 23.5 Å². The third kappa shape index (κ3) is 3.76. The Hall–Kier alpha value is -2.96. The molecule has 1 atom stereocenters. The van der Waals surface area contributed by atoms with Gasteiger partial charge in [-0.25, -0.2) is 8.78 Å². The lowest BCUT2D eigenvalue weighted by Gasteiger charge is -2.16. The van der Waals surface area contributed by atoms with Crippen LogP contribution >= 0.6 is 0 Å². The number of carboxylic acids is 1. The minimum Gasteiger partial charge on any atom is -0.481 e. The zero-order valence-electron chi connectivity index (χ0n) is 13.1. The molecule has 3 rings (SSSR count). The summed E-state index contributed by atoms with van der Waals surface area (Å²) in [6.07, 6.45) is 0.443. The van der Waals surface area contributed by atoms with E-state index in [2.05, 4.69) is 0 Å². The minimum atomic E-state index is -1.01. The van der Waals surface area contributed by atoms with Crippen molar-refractivity contribution in [1.82, 2.24) is 4.90 Å². The molecule has 1 amide bonds.